The second-order valence-electron chi connectivity index (χ2n) is 4.73. The Morgan fingerprint density at radius 1 is 1.18 bits per heavy atom. The normalized spacial score (nSPS) is 14.6. The topological polar surface area (TPSA) is 80.8 Å². The van der Waals surface area contributed by atoms with Crippen molar-refractivity contribution in [2.24, 2.45) is 0 Å². The molecular weight excluding hydrogens is 222 g/mol. The van der Waals surface area contributed by atoms with Crippen LogP contribution in [0.5, 0.6) is 0 Å². The highest BCUT2D eigenvalue weighted by molar-refractivity contribution is 5.82. The minimum absolute atomic E-state index is 0.0109. The van der Waals surface area contributed by atoms with Crippen LogP contribution in [0.3, 0.4) is 0 Å². The van der Waals surface area contributed by atoms with Crippen molar-refractivity contribution in [3.8, 4) is 0 Å². The van der Waals surface area contributed by atoms with E-state index >= 15 is 0 Å². The summed E-state index contributed by atoms with van der Waals surface area (Å²) in [5, 5.41) is 27.4. The molecule has 0 rings (SSSR count). The number of carbonyl (C=O) groups excluding carboxylic acids is 1. The number of hydrogen-bond donors (Lipinski definition) is 3. The first-order chi connectivity index (χ1) is 7.79. The second kappa shape index (κ2) is 7.53. The van der Waals surface area contributed by atoms with Crippen LogP contribution in [0.15, 0.2) is 0 Å². The van der Waals surface area contributed by atoms with E-state index in [-0.39, 0.29) is 24.8 Å². The molecule has 0 spiro atoms. The lowest BCUT2D eigenvalue weighted by Crippen LogP contribution is -2.34. The van der Waals surface area contributed by atoms with Gasteiger partial charge in [0.1, 0.15) is 6.42 Å². The van der Waals surface area contributed by atoms with Crippen molar-refractivity contribution in [1.29, 1.82) is 0 Å². The monoisotopic (exact) mass is 246 g/mol. The summed E-state index contributed by atoms with van der Waals surface area (Å²) in [4.78, 5) is 11.9. The minimum atomic E-state index is -0.975. The number of aliphatic hydroxyl groups is 3. The number of hydrogen-bond acceptors (Lipinski definition) is 4. The summed E-state index contributed by atoms with van der Waals surface area (Å²) in [5.74, 6) is -0.169. The Balaban J connectivity index is 4.48. The Morgan fingerprint density at radius 2 is 1.71 bits per heavy atom. The number of aliphatic hydroxyl groups excluding tert-OH is 3. The zero-order valence-corrected chi connectivity index (χ0v) is 11.1. The third-order valence-corrected chi connectivity index (χ3v) is 2.43. The highest BCUT2D eigenvalue weighted by Gasteiger charge is 2.26. The third-order valence-electron chi connectivity index (χ3n) is 2.43. The Labute approximate surface area is 102 Å². The van der Waals surface area contributed by atoms with Crippen LogP contribution in [-0.2, 0) is 4.79 Å². The lowest BCUT2D eigenvalue weighted by Gasteiger charge is -2.13. The van der Waals surface area contributed by atoms with Crippen molar-refractivity contribution in [3.05, 3.63) is 0 Å². The van der Waals surface area contributed by atoms with E-state index in [2.05, 4.69) is 0 Å². The molecule has 0 aliphatic rings. The van der Waals surface area contributed by atoms with Crippen LogP contribution in [0.4, 0.5) is 0 Å². The maximum absolute atomic E-state index is 11.9. The van der Waals surface area contributed by atoms with Gasteiger partial charge in [0.2, 0.25) is 0 Å². The zero-order chi connectivity index (χ0) is 13.6. The average molecular weight is 246 g/mol. The molecular formula is C12H24NO4+. The van der Waals surface area contributed by atoms with Crippen LogP contribution in [-0.4, -0.2) is 56.4 Å². The number of nitrogens with zero attached hydrogens (tertiary/aromatic N) is 1. The van der Waals surface area contributed by atoms with Crippen LogP contribution in [0.1, 0.15) is 40.5 Å². The van der Waals surface area contributed by atoms with Crippen molar-refractivity contribution in [2.75, 3.05) is 6.61 Å². The smallest absolute Gasteiger partial charge is 0.389 e. The molecule has 0 saturated carbocycles. The largest absolute Gasteiger partial charge is 0.394 e. The van der Waals surface area contributed by atoms with Crippen molar-refractivity contribution in [1.82, 2.24) is 0 Å². The minimum Gasteiger partial charge on any atom is -0.394 e. The van der Waals surface area contributed by atoms with Gasteiger partial charge < -0.3 is 15.3 Å². The predicted molar refractivity (Wildman–Crippen MR) is 65.1 cm³/mol. The predicted octanol–water partition coefficient (Wildman–Crippen LogP) is -0.0910. The first kappa shape index (κ1) is 16.2. The van der Waals surface area contributed by atoms with Gasteiger partial charge in [0.05, 0.1) is 18.8 Å². The fourth-order valence-corrected chi connectivity index (χ4v) is 1.83. The molecule has 100 valence electrons. The van der Waals surface area contributed by atoms with E-state index in [4.69, 9.17) is 10.2 Å². The molecule has 0 aromatic carbocycles. The van der Waals surface area contributed by atoms with Crippen molar-refractivity contribution in [3.63, 3.8) is 0 Å². The van der Waals surface area contributed by atoms with E-state index in [1.54, 1.807) is 4.58 Å². The highest BCUT2D eigenvalue weighted by Crippen LogP contribution is 2.05. The van der Waals surface area contributed by atoms with Crippen LogP contribution >= 0.6 is 0 Å². The molecule has 0 fully saturated rings. The Hall–Kier alpha value is -0.780. The van der Waals surface area contributed by atoms with Crippen molar-refractivity contribution >= 4 is 11.6 Å². The van der Waals surface area contributed by atoms with Gasteiger partial charge >= 0.3 is 5.91 Å². The maximum Gasteiger partial charge on any atom is 0.389 e. The molecule has 0 aromatic rings. The van der Waals surface area contributed by atoms with Gasteiger partial charge in [0, 0.05) is 20.3 Å². The van der Waals surface area contributed by atoms with Crippen LogP contribution in [0.2, 0.25) is 0 Å². The molecule has 2 atom stereocenters. The molecule has 5 heteroatoms. The first-order valence-electron chi connectivity index (χ1n) is 5.88. The molecule has 0 heterocycles. The summed E-state index contributed by atoms with van der Waals surface area (Å²) in [6.45, 7) is 7.08. The standard InChI is InChI=1S/C12H24NO4/c1-8(2)13(9(3)4)12(17)6-10(15)5-11(16)7-14/h8,10-11,14-16H,5-7H2,1-4H3/q+1/t10-,11+/m1/s1. The van der Waals surface area contributed by atoms with Gasteiger partial charge in [-0.3, -0.25) is 0 Å². The average Bonchev–Trinajstić information content (AvgIpc) is 2.15. The van der Waals surface area contributed by atoms with E-state index in [1.165, 1.54) is 0 Å². The molecule has 1 amide bonds. The second-order valence-corrected chi connectivity index (χ2v) is 4.73. The van der Waals surface area contributed by atoms with Gasteiger partial charge in [-0.2, -0.15) is 4.58 Å². The van der Waals surface area contributed by atoms with Gasteiger partial charge in [-0.1, -0.05) is 0 Å². The Bertz CT molecular complexity index is 282. The molecule has 5 nitrogen and oxygen atoms in total. The fourth-order valence-electron chi connectivity index (χ4n) is 1.83. The van der Waals surface area contributed by atoms with Crippen molar-refractivity contribution < 1.29 is 24.7 Å². The van der Waals surface area contributed by atoms with E-state index in [0.717, 1.165) is 5.71 Å². The van der Waals surface area contributed by atoms with E-state index in [1.807, 2.05) is 27.7 Å². The van der Waals surface area contributed by atoms with Crippen LogP contribution in [0.25, 0.3) is 0 Å². The molecule has 0 aromatic heterocycles. The lowest BCUT2D eigenvalue weighted by molar-refractivity contribution is -0.482. The summed E-state index contributed by atoms with van der Waals surface area (Å²) < 4.78 is 1.62. The van der Waals surface area contributed by atoms with Gasteiger partial charge in [0.25, 0.3) is 0 Å². The zero-order valence-electron chi connectivity index (χ0n) is 11.1. The molecule has 3 N–H and O–H groups in total. The number of rotatable bonds is 6. The molecule has 0 radical (unpaired) electrons. The van der Waals surface area contributed by atoms with E-state index in [0.29, 0.717) is 0 Å². The third kappa shape index (κ3) is 5.91. The highest BCUT2D eigenvalue weighted by atomic mass is 16.3. The molecule has 0 bridgehead atoms. The lowest BCUT2D eigenvalue weighted by atomic mass is 10.1. The van der Waals surface area contributed by atoms with E-state index < -0.39 is 18.8 Å². The Morgan fingerprint density at radius 3 is 2.06 bits per heavy atom. The van der Waals surface area contributed by atoms with Gasteiger partial charge in [-0.25, -0.2) is 4.79 Å². The quantitative estimate of drug-likeness (QED) is 0.452. The van der Waals surface area contributed by atoms with Gasteiger partial charge in [-0.15, -0.1) is 0 Å². The molecule has 0 aliphatic heterocycles. The van der Waals surface area contributed by atoms with E-state index in [9.17, 15) is 9.90 Å². The summed E-state index contributed by atoms with van der Waals surface area (Å²) >= 11 is 0. The van der Waals surface area contributed by atoms with Crippen LogP contribution in [0, 0.1) is 0 Å². The number of amides is 1. The van der Waals surface area contributed by atoms with Crippen LogP contribution < -0.4 is 0 Å². The summed E-state index contributed by atoms with van der Waals surface area (Å²) in [5.41, 5.74) is 0.875. The summed E-state index contributed by atoms with van der Waals surface area (Å²) in [6.07, 6.45) is -1.93. The SMILES string of the molecule is CC(C)=[N+](C(=O)C[C@H](O)C[C@H](O)CO)C(C)C. The molecule has 0 saturated heterocycles. The molecule has 0 aliphatic carbocycles. The molecule has 0 unspecified atom stereocenters. The van der Waals surface area contributed by atoms with Crippen molar-refractivity contribution in [2.45, 2.75) is 58.8 Å². The first-order valence-corrected chi connectivity index (χ1v) is 5.88. The maximum atomic E-state index is 11.9. The van der Waals surface area contributed by atoms with Gasteiger partial charge in [-0.05, 0) is 13.8 Å². The fraction of sp³-hybridized carbons (Fsp3) is 0.833. The summed E-state index contributed by atoms with van der Waals surface area (Å²) in [6, 6.07) is 0.0439. The summed E-state index contributed by atoms with van der Waals surface area (Å²) in [7, 11) is 0. The molecule has 17 heavy (non-hydrogen) atoms. The Kier molecular flexibility index (Phi) is 7.18. The number of carbonyl (C=O) groups is 1. The van der Waals surface area contributed by atoms with Gasteiger partial charge in [0.15, 0.2) is 11.8 Å².